The third kappa shape index (κ3) is 3.90. The molecule has 1 heterocycles. The van der Waals surface area contributed by atoms with E-state index < -0.39 is 15.9 Å². The lowest BCUT2D eigenvalue weighted by atomic mass is 10.2. The summed E-state index contributed by atoms with van der Waals surface area (Å²) in [6.45, 7) is 1.50. The summed E-state index contributed by atoms with van der Waals surface area (Å²) >= 11 is 1.34. The number of nitrogens with zero attached hydrogens (tertiary/aromatic N) is 3. The Labute approximate surface area is 144 Å². The molecule has 0 aliphatic heterocycles. The zero-order valence-electron chi connectivity index (χ0n) is 13.4. The fraction of sp³-hybridized carbons (Fsp3) is 0.400. The van der Waals surface area contributed by atoms with Gasteiger partial charge in [-0.1, -0.05) is 29.5 Å². The average Bonchev–Trinajstić information content (AvgIpc) is 3.25. The van der Waals surface area contributed by atoms with Crippen molar-refractivity contribution in [3.05, 3.63) is 34.8 Å². The van der Waals surface area contributed by atoms with Gasteiger partial charge in [0, 0.05) is 5.92 Å². The van der Waals surface area contributed by atoms with Gasteiger partial charge < -0.3 is 0 Å². The summed E-state index contributed by atoms with van der Waals surface area (Å²) in [5.41, 5.74) is 1.27. The molecule has 2 aromatic rings. The van der Waals surface area contributed by atoms with Crippen molar-refractivity contribution in [3.63, 3.8) is 0 Å². The third-order valence-electron chi connectivity index (χ3n) is 3.69. The van der Waals surface area contributed by atoms with Gasteiger partial charge in [-0.2, -0.15) is 0 Å². The van der Waals surface area contributed by atoms with Crippen molar-refractivity contribution in [3.8, 4) is 0 Å². The molecule has 1 fully saturated rings. The van der Waals surface area contributed by atoms with Crippen LogP contribution in [0.4, 0.5) is 10.8 Å². The van der Waals surface area contributed by atoms with Gasteiger partial charge in [0.1, 0.15) is 11.6 Å². The SMILES string of the molecule is Cc1ccccc1N(CC(=O)Nc1nnc(C2CC2)s1)S(C)(=O)=O. The van der Waals surface area contributed by atoms with Crippen LogP contribution in [-0.2, 0) is 14.8 Å². The topological polar surface area (TPSA) is 92.3 Å². The second kappa shape index (κ2) is 6.48. The summed E-state index contributed by atoms with van der Waals surface area (Å²) in [4.78, 5) is 12.3. The van der Waals surface area contributed by atoms with Crippen molar-refractivity contribution >= 4 is 38.1 Å². The Hall–Kier alpha value is -2.00. The van der Waals surface area contributed by atoms with Crippen LogP contribution in [0.25, 0.3) is 0 Å². The van der Waals surface area contributed by atoms with Gasteiger partial charge in [-0.25, -0.2) is 8.42 Å². The Bertz CT molecular complexity index is 859. The molecule has 1 aliphatic rings. The predicted molar refractivity (Wildman–Crippen MR) is 93.9 cm³/mol. The Kier molecular flexibility index (Phi) is 4.55. The number of benzene rings is 1. The second-order valence-electron chi connectivity index (χ2n) is 5.82. The van der Waals surface area contributed by atoms with Crippen molar-refractivity contribution in [2.75, 3.05) is 22.4 Å². The van der Waals surface area contributed by atoms with E-state index in [0.717, 1.165) is 34.0 Å². The fourth-order valence-electron chi connectivity index (χ4n) is 2.29. The molecule has 1 aliphatic carbocycles. The molecule has 0 unspecified atom stereocenters. The number of carbonyl (C=O) groups is 1. The molecule has 9 heteroatoms. The van der Waals surface area contributed by atoms with E-state index in [1.807, 2.05) is 6.07 Å². The molecule has 0 radical (unpaired) electrons. The minimum Gasteiger partial charge on any atom is -0.299 e. The van der Waals surface area contributed by atoms with Crippen LogP contribution in [0, 0.1) is 6.92 Å². The first-order chi connectivity index (χ1) is 11.3. The minimum absolute atomic E-state index is 0.304. The number of nitrogens with one attached hydrogen (secondary N) is 1. The van der Waals surface area contributed by atoms with E-state index in [2.05, 4.69) is 15.5 Å². The van der Waals surface area contributed by atoms with E-state index >= 15 is 0 Å². The highest BCUT2D eigenvalue weighted by molar-refractivity contribution is 7.92. The van der Waals surface area contributed by atoms with E-state index in [-0.39, 0.29) is 6.54 Å². The van der Waals surface area contributed by atoms with E-state index in [9.17, 15) is 13.2 Å². The minimum atomic E-state index is -3.59. The van der Waals surface area contributed by atoms with Crippen LogP contribution in [0.2, 0.25) is 0 Å². The number of aromatic nitrogens is 2. The van der Waals surface area contributed by atoms with Gasteiger partial charge in [0.15, 0.2) is 0 Å². The third-order valence-corrected chi connectivity index (χ3v) is 5.81. The summed E-state index contributed by atoms with van der Waals surface area (Å²) in [5.74, 6) is 0.0230. The zero-order valence-corrected chi connectivity index (χ0v) is 15.0. The number of anilines is 2. The highest BCUT2D eigenvalue weighted by Gasteiger charge is 2.28. The van der Waals surface area contributed by atoms with Gasteiger partial charge in [0.2, 0.25) is 21.1 Å². The molecule has 3 rings (SSSR count). The zero-order chi connectivity index (χ0) is 17.3. The summed E-state index contributed by atoms with van der Waals surface area (Å²) in [5, 5.41) is 12.0. The van der Waals surface area contributed by atoms with Crippen LogP contribution < -0.4 is 9.62 Å². The molecule has 128 valence electrons. The fourth-order valence-corrected chi connectivity index (χ4v) is 4.14. The number of amides is 1. The van der Waals surface area contributed by atoms with E-state index in [1.165, 1.54) is 11.3 Å². The molecule has 7 nitrogen and oxygen atoms in total. The standard InChI is InChI=1S/C15H18N4O3S2/c1-10-5-3-4-6-12(10)19(24(2,21)22)9-13(20)16-15-18-17-14(23-15)11-7-8-11/h3-6,11H,7-9H2,1-2H3,(H,16,18,20). The summed E-state index contributed by atoms with van der Waals surface area (Å²) in [7, 11) is -3.59. The van der Waals surface area contributed by atoms with Gasteiger partial charge in [-0.3, -0.25) is 14.4 Å². The van der Waals surface area contributed by atoms with Gasteiger partial charge in [0.25, 0.3) is 0 Å². The number of para-hydroxylation sites is 1. The predicted octanol–water partition coefficient (Wildman–Crippen LogP) is 2.13. The van der Waals surface area contributed by atoms with Crippen LogP contribution in [0.15, 0.2) is 24.3 Å². The Morgan fingerprint density at radius 1 is 1.33 bits per heavy atom. The maximum atomic E-state index is 12.3. The first-order valence-corrected chi connectivity index (χ1v) is 10.2. The maximum absolute atomic E-state index is 12.3. The molecule has 1 aromatic heterocycles. The molecule has 24 heavy (non-hydrogen) atoms. The van der Waals surface area contributed by atoms with Crippen LogP contribution in [0.1, 0.15) is 29.3 Å². The van der Waals surface area contributed by atoms with Crippen molar-refractivity contribution in [2.45, 2.75) is 25.7 Å². The summed E-state index contributed by atoms with van der Waals surface area (Å²) in [6.07, 6.45) is 3.30. The molecule has 0 spiro atoms. The van der Waals surface area contributed by atoms with Gasteiger partial charge in [0.05, 0.1) is 11.9 Å². The molecule has 1 N–H and O–H groups in total. The van der Waals surface area contributed by atoms with Crippen LogP contribution >= 0.6 is 11.3 Å². The monoisotopic (exact) mass is 366 g/mol. The molecule has 0 saturated heterocycles. The number of sulfonamides is 1. The first kappa shape index (κ1) is 16.8. The molecule has 1 aromatic carbocycles. The molecule has 1 amide bonds. The Morgan fingerprint density at radius 2 is 2.04 bits per heavy atom. The molecular weight excluding hydrogens is 348 g/mol. The first-order valence-electron chi connectivity index (χ1n) is 7.51. The van der Waals surface area contributed by atoms with Crippen molar-refractivity contribution in [1.82, 2.24) is 10.2 Å². The highest BCUT2D eigenvalue weighted by atomic mass is 32.2. The lowest BCUT2D eigenvalue weighted by Crippen LogP contribution is -2.37. The number of hydrogen-bond acceptors (Lipinski definition) is 6. The smallest absolute Gasteiger partial charge is 0.246 e. The van der Waals surface area contributed by atoms with Crippen molar-refractivity contribution < 1.29 is 13.2 Å². The Morgan fingerprint density at radius 3 is 2.67 bits per heavy atom. The number of rotatable bonds is 6. The maximum Gasteiger partial charge on any atom is 0.246 e. The van der Waals surface area contributed by atoms with E-state index in [1.54, 1.807) is 25.1 Å². The van der Waals surface area contributed by atoms with Crippen molar-refractivity contribution in [2.24, 2.45) is 0 Å². The molecule has 0 atom stereocenters. The summed E-state index contributed by atoms with van der Waals surface area (Å²) < 4.78 is 25.3. The van der Waals surface area contributed by atoms with Crippen molar-refractivity contribution in [1.29, 1.82) is 0 Å². The second-order valence-corrected chi connectivity index (χ2v) is 8.74. The lowest BCUT2D eigenvalue weighted by Gasteiger charge is -2.23. The van der Waals surface area contributed by atoms with Gasteiger partial charge in [-0.05, 0) is 31.4 Å². The highest BCUT2D eigenvalue weighted by Crippen LogP contribution is 2.42. The average molecular weight is 366 g/mol. The van der Waals surface area contributed by atoms with Crippen LogP contribution in [-0.4, -0.2) is 37.3 Å². The van der Waals surface area contributed by atoms with Gasteiger partial charge >= 0.3 is 0 Å². The molecular formula is C15H18N4O3S2. The normalized spacial score (nSPS) is 14.4. The molecule has 0 bridgehead atoms. The van der Waals surface area contributed by atoms with Gasteiger partial charge in [-0.15, -0.1) is 10.2 Å². The molecule has 1 saturated carbocycles. The number of aryl methyl sites for hydroxylation is 1. The lowest BCUT2D eigenvalue weighted by molar-refractivity contribution is -0.114. The van der Waals surface area contributed by atoms with E-state index in [0.29, 0.717) is 16.7 Å². The Balaban J connectivity index is 1.74. The largest absolute Gasteiger partial charge is 0.299 e. The number of carbonyl (C=O) groups excluding carboxylic acids is 1. The van der Waals surface area contributed by atoms with Crippen LogP contribution in [0.5, 0.6) is 0 Å². The quantitative estimate of drug-likeness (QED) is 0.845. The van der Waals surface area contributed by atoms with E-state index in [4.69, 9.17) is 0 Å². The van der Waals surface area contributed by atoms with Crippen LogP contribution in [0.3, 0.4) is 0 Å². The summed E-state index contributed by atoms with van der Waals surface area (Å²) in [6, 6.07) is 7.04. The number of hydrogen-bond donors (Lipinski definition) is 1.